The minimum absolute atomic E-state index is 0.113. The molecule has 2 N–H and O–H groups in total. The van der Waals surface area contributed by atoms with Gasteiger partial charge in [0.05, 0.1) is 0 Å². The van der Waals surface area contributed by atoms with Crippen molar-refractivity contribution < 1.29 is 0 Å². The van der Waals surface area contributed by atoms with E-state index in [-0.39, 0.29) is 6.04 Å². The summed E-state index contributed by atoms with van der Waals surface area (Å²) in [4.78, 5) is 1.87. The summed E-state index contributed by atoms with van der Waals surface area (Å²) in [6.45, 7) is 2.08. The Bertz CT molecular complexity index is 534. The van der Waals surface area contributed by atoms with E-state index in [1.165, 1.54) is 11.3 Å². The maximum atomic E-state index is 8.79. The van der Waals surface area contributed by atoms with Gasteiger partial charge in [0.1, 0.15) is 10.9 Å². The van der Waals surface area contributed by atoms with Crippen molar-refractivity contribution in [2.24, 2.45) is 5.73 Å². The standard InChI is InChI=1S/C14H14N2S/c1-2-13(16)10-3-5-11(6-4-10)14-8-7-12(9-15)17-14/h3-8,13H,2,16H2,1H3. The van der Waals surface area contributed by atoms with Crippen LogP contribution in [-0.2, 0) is 0 Å². The number of nitrogens with two attached hydrogens (primary N) is 1. The number of nitrogens with zero attached hydrogens (tertiary/aromatic N) is 1. The Kier molecular flexibility index (Phi) is 3.58. The van der Waals surface area contributed by atoms with Crippen LogP contribution in [0.2, 0.25) is 0 Å². The summed E-state index contributed by atoms with van der Waals surface area (Å²) in [5, 5.41) is 8.79. The normalized spacial score (nSPS) is 12.1. The third-order valence-corrected chi connectivity index (χ3v) is 3.82. The third-order valence-electron chi connectivity index (χ3n) is 2.78. The third kappa shape index (κ3) is 2.55. The van der Waals surface area contributed by atoms with Crippen molar-refractivity contribution in [3.05, 3.63) is 46.8 Å². The van der Waals surface area contributed by atoms with Crippen molar-refractivity contribution >= 4 is 11.3 Å². The minimum atomic E-state index is 0.113. The Morgan fingerprint density at radius 1 is 1.24 bits per heavy atom. The van der Waals surface area contributed by atoms with Crippen molar-refractivity contribution in [1.82, 2.24) is 0 Å². The Morgan fingerprint density at radius 2 is 1.94 bits per heavy atom. The average molecular weight is 242 g/mol. The van der Waals surface area contributed by atoms with E-state index < -0.39 is 0 Å². The van der Waals surface area contributed by atoms with E-state index >= 15 is 0 Å². The summed E-state index contributed by atoms with van der Waals surface area (Å²) in [7, 11) is 0. The lowest BCUT2D eigenvalue weighted by molar-refractivity contribution is 0.699. The van der Waals surface area contributed by atoms with E-state index in [1.54, 1.807) is 0 Å². The van der Waals surface area contributed by atoms with Crippen molar-refractivity contribution in [3.63, 3.8) is 0 Å². The van der Waals surface area contributed by atoms with Crippen LogP contribution in [0.15, 0.2) is 36.4 Å². The van der Waals surface area contributed by atoms with Gasteiger partial charge in [-0.3, -0.25) is 0 Å². The van der Waals surface area contributed by atoms with Crippen molar-refractivity contribution in [2.75, 3.05) is 0 Å². The molecule has 1 heterocycles. The molecule has 1 unspecified atom stereocenters. The van der Waals surface area contributed by atoms with Crippen LogP contribution in [0.3, 0.4) is 0 Å². The average Bonchev–Trinajstić information content (AvgIpc) is 2.87. The van der Waals surface area contributed by atoms with Gasteiger partial charge in [-0.1, -0.05) is 31.2 Å². The van der Waals surface area contributed by atoms with Gasteiger partial charge in [0, 0.05) is 10.9 Å². The molecule has 1 atom stereocenters. The van der Waals surface area contributed by atoms with Crippen molar-refractivity contribution in [2.45, 2.75) is 19.4 Å². The highest BCUT2D eigenvalue weighted by atomic mass is 32.1. The van der Waals surface area contributed by atoms with Crippen molar-refractivity contribution in [3.8, 4) is 16.5 Å². The van der Waals surface area contributed by atoms with Gasteiger partial charge in [-0.05, 0) is 29.7 Å². The van der Waals surface area contributed by atoms with E-state index in [0.29, 0.717) is 0 Å². The Labute approximate surface area is 105 Å². The zero-order valence-electron chi connectivity index (χ0n) is 9.68. The summed E-state index contributed by atoms with van der Waals surface area (Å²) < 4.78 is 0. The lowest BCUT2D eigenvalue weighted by Gasteiger charge is -2.09. The first-order chi connectivity index (χ1) is 8.24. The van der Waals surface area contributed by atoms with E-state index in [2.05, 4.69) is 37.3 Å². The van der Waals surface area contributed by atoms with E-state index in [4.69, 9.17) is 11.0 Å². The first-order valence-corrected chi connectivity index (χ1v) is 6.42. The summed E-state index contributed by atoms with van der Waals surface area (Å²) in [5.41, 5.74) is 8.27. The Hall–Kier alpha value is -1.63. The highest BCUT2D eigenvalue weighted by Crippen LogP contribution is 2.28. The van der Waals surface area contributed by atoms with Crippen LogP contribution in [0.4, 0.5) is 0 Å². The molecule has 3 heteroatoms. The molecule has 0 spiro atoms. The second-order valence-electron chi connectivity index (χ2n) is 3.91. The number of rotatable bonds is 3. The molecule has 0 saturated carbocycles. The van der Waals surface area contributed by atoms with Gasteiger partial charge >= 0.3 is 0 Å². The molecule has 0 radical (unpaired) electrons. The van der Waals surface area contributed by atoms with Crippen LogP contribution in [0.25, 0.3) is 10.4 Å². The van der Waals surface area contributed by atoms with Crippen LogP contribution in [0, 0.1) is 11.3 Å². The van der Waals surface area contributed by atoms with Crippen molar-refractivity contribution in [1.29, 1.82) is 5.26 Å². The zero-order valence-corrected chi connectivity index (χ0v) is 10.5. The van der Waals surface area contributed by atoms with Gasteiger partial charge in [0.25, 0.3) is 0 Å². The molecule has 0 aliphatic heterocycles. The SMILES string of the molecule is CCC(N)c1ccc(-c2ccc(C#N)s2)cc1. The molecule has 0 bridgehead atoms. The van der Waals surface area contributed by atoms with Gasteiger partial charge < -0.3 is 5.73 Å². The van der Waals surface area contributed by atoms with E-state index in [0.717, 1.165) is 27.3 Å². The van der Waals surface area contributed by atoms with Crippen LogP contribution in [-0.4, -0.2) is 0 Å². The number of hydrogen-bond acceptors (Lipinski definition) is 3. The fourth-order valence-electron chi connectivity index (χ4n) is 1.68. The number of nitriles is 1. The number of hydrogen-bond donors (Lipinski definition) is 1. The molecule has 1 aromatic heterocycles. The summed E-state index contributed by atoms with van der Waals surface area (Å²) in [5.74, 6) is 0. The zero-order chi connectivity index (χ0) is 12.3. The first kappa shape index (κ1) is 11.8. The Balaban J connectivity index is 2.26. The molecule has 0 aliphatic rings. The summed E-state index contributed by atoms with van der Waals surface area (Å²) >= 11 is 1.51. The molecule has 0 aliphatic carbocycles. The Morgan fingerprint density at radius 3 is 2.47 bits per heavy atom. The van der Waals surface area contributed by atoms with Crippen LogP contribution < -0.4 is 5.73 Å². The van der Waals surface area contributed by atoms with Gasteiger partial charge in [0.15, 0.2) is 0 Å². The molecular weight excluding hydrogens is 228 g/mol. The number of benzene rings is 1. The molecule has 2 aromatic rings. The molecule has 0 fully saturated rings. The van der Waals surface area contributed by atoms with Gasteiger partial charge in [-0.15, -0.1) is 11.3 Å². The largest absolute Gasteiger partial charge is 0.324 e. The summed E-state index contributed by atoms with van der Waals surface area (Å²) in [6.07, 6.45) is 0.941. The molecule has 2 nitrogen and oxygen atoms in total. The highest BCUT2D eigenvalue weighted by molar-refractivity contribution is 7.16. The smallest absolute Gasteiger partial charge is 0.110 e. The monoisotopic (exact) mass is 242 g/mol. The lowest BCUT2D eigenvalue weighted by Crippen LogP contribution is -2.07. The summed E-state index contributed by atoms with van der Waals surface area (Å²) in [6, 6.07) is 14.4. The van der Waals surface area contributed by atoms with Crippen LogP contribution in [0.5, 0.6) is 0 Å². The molecule has 1 aromatic carbocycles. The molecule has 0 amide bonds. The number of thiophene rings is 1. The van der Waals surface area contributed by atoms with Crippen LogP contribution >= 0.6 is 11.3 Å². The second-order valence-corrected chi connectivity index (χ2v) is 5.00. The van der Waals surface area contributed by atoms with Gasteiger partial charge in [0.2, 0.25) is 0 Å². The van der Waals surface area contributed by atoms with Gasteiger partial charge in [-0.25, -0.2) is 0 Å². The molecule has 0 saturated heterocycles. The van der Waals surface area contributed by atoms with E-state index in [9.17, 15) is 0 Å². The molecule has 86 valence electrons. The predicted molar refractivity (Wildman–Crippen MR) is 71.7 cm³/mol. The molecular formula is C14H14N2S. The minimum Gasteiger partial charge on any atom is -0.324 e. The maximum Gasteiger partial charge on any atom is 0.110 e. The van der Waals surface area contributed by atoms with Crippen LogP contribution in [0.1, 0.15) is 29.8 Å². The maximum absolute atomic E-state index is 8.79. The highest BCUT2D eigenvalue weighted by Gasteiger charge is 2.05. The predicted octanol–water partition coefficient (Wildman–Crippen LogP) is 3.70. The fraction of sp³-hybridized carbons (Fsp3) is 0.214. The molecule has 2 rings (SSSR count). The fourth-order valence-corrected chi connectivity index (χ4v) is 2.49. The second kappa shape index (κ2) is 5.13. The van der Waals surface area contributed by atoms with E-state index in [1.807, 2.05) is 12.1 Å². The lowest BCUT2D eigenvalue weighted by atomic mass is 10.0. The molecule has 17 heavy (non-hydrogen) atoms. The quantitative estimate of drug-likeness (QED) is 0.892. The topological polar surface area (TPSA) is 49.8 Å². The van der Waals surface area contributed by atoms with Gasteiger partial charge in [-0.2, -0.15) is 5.26 Å². The first-order valence-electron chi connectivity index (χ1n) is 5.60.